The minimum atomic E-state index is -0.0827. The van der Waals surface area contributed by atoms with E-state index in [9.17, 15) is 4.79 Å². The van der Waals surface area contributed by atoms with E-state index in [-0.39, 0.29) is 18.6 Å². The predicted octanol–water partition coefficient (Wildman–Crippen LogP) is 2.30. The van der Waals surface area contributed by atoms with Gasteiger partial charge in [0.05, 0.1) is 6.54 Å². The zero-order chi connectivity index (χ0) is 19.2. The highest BCUT2D eigenvalue weighted by molar-refractivity contribution is 5.78. The van der Waals surface area contributed by atoms with Crippen LogP contribution in [0.4, 0.5) is 5.82 Å². The molecule has 27 heavy (non-hydrogen) atoms. The molecule has 0 bridgehead atoms. The molecule has 1 fully saturated rings. The lowest BCUT2D eigenvalue weighted by Crippen LogP contribution is -2.46. The summed E-state index contributed by atoms with van der Waals surface area (Å²) < 4.78 is 11.6. The van der Waals surface area contributed by atoms with Crippen molar-refractivity contribution in [1.82, 2.24) is 15.1 Å². The van der Waals surface area contributed by atoms with Crippen LogP contribution in [0.25, 0.3) is 0 Å². The highest BCUT2D eigenvalue weighted by Crippen LogP contribution is 2.19. The lowest BCUT2D eigenvalue weighted by molar-refractivity contribution is -0.136. The van der Waals surface area contributed by atoms with Gasteiger partial charge in [-0.1, -0.05) is 18.2 Å². The fraction of sp³-hybridized carbons (Fsp3) is 0.450. The second-order valence-electron chi connectivity index (χ2n) is 6.90. The molecule has 0 N–H and O–H groups in total. The topological polar surface area (TPSA) is 67.8 Å². The third-order valence-electron chi connectivity index (χ3n) is 4.55. The molecule has 144 valence electrons. The van der Waals surface area contributed by atoms with Crippen LogP contribution in [0.15, 0.2) is 36.4 Å². The van der Waals surface area contributed by atoms with Crippen LogP contribution in [0.5, 0.6) is 11.6 Å². The van der Waals surface area contributed by atoms with E-state index in [0.29, 0.717) is 12.4 Å². The molecular formula is C20H26N4O3. The molecule has 0 spiro atoms. The molecule has 1 atom stereocenters. The predicted molar refractivity (Wildman–Crippen MR) is 103 cm³/mol. The molecule has 3 rings (SSSR count). The summed E-state index contributed by atoms with van der Waals surface area (Å²) in [6.07, 6.45) is 1.70. The van der Waals surface area contributed by atoms with Gasteiger partial charge in [-0.15, -0.1) is 10.2 Å². The van der Waals surface area contributed by atoms with Crippen molar-refractivity contribution in [1.29, 1.82) is 0 Å². The minimum Gasteiger partial charge on any atom is -0.484 e. The summed E-state index contributed by atoms with van der Waals surface area (Å²) in [5, 5.41) is 8.23. The average molecular weight is 370 g/mol. The summed E-state index contributed by atoms with van der Waals surface area (Å²) in [4.78, 5) is 16.2. The minimum absolute atomic E-state index is 0.0272. The molecule has 0 radical (unpaired) electrons. The SMILES string of the molecule is Cc1ccccc1OCC(=O)N1CCCC(Oc2ccc(N(C)C)nn2)C1. The Hall–Kier alpha value is -2.83. The second kappa shape index (κ2) is 8.70. The number of anilines is 1. The zero-order valence-corrected chi connectivity index (χ0v) is 16.1. The third-order valence-corrected chi connectivity index (χ3v) is 4.55. The number of piperidine rings is 1. The van der Waals surface area contributed by atoms with Crippen molar-refractivity contribution in [2.45, 2.75) is 25.9 Å². The molecule has 1 saturated heterocycles. The van der Waals surface area contributed by atoms with Gasteiger partial charge in [-0.05, 0) is 37.5 Å². The summed E-state index contributed by atoms with van der Waals surface area (Å²) in [6, 6.07) is 11.4. The van der Waals surface area contributed by atoms with E-state index >= 15 is 0 Å². The monoisotopic (exact) mass is 370 g/mol. The van der Waals surface area contributed by atoms with Crippen LogP contribution in [0.2, 0.25) is 0 Å². The van der Waals surface area contributed by atoms with Gasteiger partial charge in [-0.2, -0.15) is 0 Å². The van der Waals surface area contributed by atoms with Gasteiger partial charge >= 0.3 is 0 Å². The number of benzene rings is 1. The molecule has 0 saturated carbocycles. The van der Waals surface area contributed by atoms with Crippen LogP contribution in [0.1, 0.15) is 18.4 Å². The number of likely N-dealkylation sites (tertiary alicyclic amines) is 1. The zero-order valence-electron chi connectivity index (χ0n) is 16.1. The van der Waals surface area contributed by atoms with Gasteiger partial charge in [0.25, 0.3) is 5.91 Å². The first-order chi connectivity index (χ1) is 13.0. The van der Waals surface area contributed by atoms with Crippen molar-refractivity contribution in [2.24, 2.45) is 0 Å². The van der Waals surface area contributed by atoms with E-state index in [4.69, 9.17) is 9.47 Å². The lowest BCUT2D eigenvalue weighted by Gasteiger charge is -2.32. The molecular weight excluding hydrogens is 344 g/mol. The van der Waals surface area contributed by atoms with Gasteiger partial charge < -0.3 is 19.3 Å². The molecule has 1 aromatic carbocycles. The van der Waals surface area contributed by atoms with Gasteiger partial charge in [-0.3, -0.25) is 4.79 Å². The number of hydrogen-bond acceptors (Lipinski definition) is 6. The van der Waals surface area contributed by atoms with Crippen LogP contribution < -0.4 is 14.4 Å². The Morgan fingerprint density at radius 2 is 2.04 bits per heavy atom. The number of aromatic nitrogens is 2. The normalized spacial score (nSPS) is 16.7. The Balaban J connectivity index is 1.52. The average Bonchev–Trinajstić information content (AvgIpc) is 2.68. The molecule has 7 nitrogen and oxygen atoms in total. The molecule has 0 aliphatic carbocycles. The fourth-order valence-electron chi connectivity index (χ4n) is 3.00. The first kappa shape index (κ1) is 18.9. The first-order valence-electron chi connectivity index (χ1n) is 9.17. The number of carbonyl (C=O) groups excluding carboxylic acids is 1. The number of amides is 1. The first-order valence-corrected chi connectivity index (χ1v) is 9.17. The van der Waals surface area contributed by atoms with Gasteiger partial charge in [0.15, 0.2) is 12.4 Å². The van der Waals surface area contributed by atoms with E-state index in [1.165, 1.54) is 0 Å². The number of aryl methyl sites for hydroxylation is 1. The quantitative estimate of drug-likeness (QED) is 0.777. The second-order valence-corrected chi connectivity index (χ2v) is 6.90. The summed E-state index contributed by atoms with van der Waals surface area (Å²) in [5.74, 6) is 1.97. The van der Waals surface area contributed by atoms with Crippen LogP contribution >= 0.6 is 0 Å². The van der Waals surface area contributed by atoms with Gasteiger partial charge in [-0.25, -0.2) is 0 Å². The van der Waals surface area contributed by atoms with Gasteiger partial charge in [0, 0.05) is 26.7 Å². The van der Waals surface area contributed by atoms with Crippen LogP contribution in [0.3, 0.4) is 0 Å². The number of ether oxygens (including phenoxy) is 2. The largest absolute Gasteiger partial charge is 0.484 e. The number of carbonyl (C=O) groups is 1. The van der Waals surface area contributed by atoms with Crippen molar-refractivity contribution in [3.05, 3.63) is 42.0 Å². The molecule has 1 aliphatic rings. The smallest absolute Gasteiger partial charge is 0.260 e. The van der Waals surface area contributed by atoms with Crippen molar-refractivity contribution >= 4 is 11.7 Å². The van der Waals surface area contributed by atoms with Crippen molar-refractivity contribution in [3.63, 3.8) is 0 Å². The molecule has 1 aromatic heterocycles. The van der Waals surface area contributed by atoms with Crippen molar-refractivity contribution < 1.29 is 14.3 Å². The number of hydrogen-bond donors (Lipinski definition) is 0. The van der Waals surface area contributed by atoms with E-state index in [1.54, 1.807) is 4.90 Å². The molecule has 1 amide bonds. The van der Waals surface area contributed by atoms with E-state index in [0.717, 1.165) is 36.5 Å². The maximum absolute atomic E-state index is 12.5. The molecule has 2 heterocycles. The standard InChI is InChI=1S/C20H26N4O3/c1-15-7-4-5-9-17(15)26-14-20(25)24-12-6-8-16(13-24)27-19-11-10-18(21-22-19)23(2)3/h4-5,7,9-11,16H,6,8,12-14H2,1-3H3. The van der Waals surface area contributed by atoms with Crippen molar-refractivity contribution in [3.8, 4) is 11.6 Å². The van der Waals surface area contributed by atoms with Gasteiger partial charge in [0.1, 0.15) is 11.9 Å². The summed E-state index contributed by atoms with van der Waals surface area (Å²) in [5.41, 5.74) is 1.02. The third kappa shape index (κ3) is 5.09. The number of nitrogens with zero attached hydrogens (tertiary/aromatic N) is 4. The van der Waals surface area contributed by atoms with Gasteiger partial charge in [0.2, 0.25) is 5.88 Å². The fourth-order valence-corrected chi connectivity index (χ4v) is 3.00. The summed E-state index contributed by atoms with van der Waals surface area (Å²) in [6.45, 7) is 3.26. The Kier molecular flexibility index (Phi) is 6.11. The highest BCUT2D eigenvalue weighted by atomic mass is 16.5. The van der Waals surface area contributed by atoms with Crippen LogP contribution in [0, 0.1) is 6.92 Å². The maximum Gasteiger partial charge on any atom is 0.260 e. The van der Waals surface area contributed by atoms with Crippen LogP contribution in [-0.4, -0.2) is 60.9 Å². The Labute approximate surface area is 159 Å². The van der Waals surface area contributed by atoms with E-state index in [1.807, 2.05) is 62.3 Å². The van der Waals surface area contributed by atoms with E-state index in [2.05, 4.69) is 10.2 Å². The highest BCUT2D eigenvalue weighted by Gasteiger charge is 2.25. The molecule has 2 aromatic rings. The maximum atomic E-state index is 12.5. The van der Waals surface area contributed by atoms with E-state index < -0.39 is 0 Å². The van der Waals surface area contributed by atoms with Crippen molar-refractivity contribution in [2.75, 3.05) is 38.7 Å². The Bertz CT molecular complexity index is 764. The summed E-state index contributed by atoms with van der Waals surface area (Å²) >= 11 is 0. The summed E-state index contributed by atoms with van der Waals surface area (Å²) in [7, 11) is 3.82. The Morgan fingerprint density at radius 1 is 1.22 bits per heavy atom. The molecule has 1 unspecified atom stereocenters. The number of para-hydroxylation sites is 1. The Morgan fingerprint density at radius 3 is 2.74 bits per heavy atom. The molecule has 1 aliphatic heterocycles. The number of rotatable bonds is 6. The molecule has 7 heteroatoms. The van der Waals surface area contributed by atoms with Crippen LogP contribution in [-0.2, 0) is 4.79 Å². The lowest BCUT2D eigenvalue weighted by atomic mass is 10.1.